The van der Waals surface area contributed by atoms with Crippen LogP contribution in [0.1, 0.15) is 35.7 Å². The summed E-state index contributed by atoms with van der Waals surface area (Å²) in [6, 6.07) is 5.47. The van der Waals surface area contributed by atoms with E-state index in [1.54, 1.807) is 26.3 Å². The van der Waals surface area contributed by atoms with Gasteiger partial charge in [0.15, 0.2) is 0 Å². The van der Waals surface area contributed by atoms with Crippen LogP contribution in [0, 0.1) is 0 Å². The fraction of sp³-hybridized carbons (Fsp3) is 0.455. The molecule has 0 aliphatic carbocycles. The van der Waals surface area contributed by atoms with Crippen molar-refractivity contribution in [1.29, 1.82) is 0 Å². The van der Waals surface area contributed by atoms with Gasteiger partial charge in [-0.2, -0.15) is 4.98 Å². The van der Waals surface area contributed by atoms with E-state index in [1.165, 1.54) is 6.20 Å². The van der Waals surface area contributed by atoms with Gasteiger partial charge in [-0.05, 0) is 37.5 Å². The van der Waals surface area contributed by atoms with Gasteiger partial charge in [0.25, 0.3) is 5.91 Å². The van der Waals surface area contributed by atoms with Crippen LogP contribution < -0.4 is 20.3 Å². The van der Waals surface area contributed by atoms with Crippen molar-refractivity contribution in [2.75, 3.05) is 44.1 Å². The second kappa shape index (κ2) is 11.1. The number of carbonyl (C=O) groups excluding carboxylic acids is 1. The number of aliphatic hydroxyl groups excluding tert-OH is 1. The van der Waals surface area contributed by atoms with Crippen LogP contribution in [0.5, 0.6) is 5.75 Å². The Morgan fingerprint density at radius 3 is 2.94 bits per heavy atom. The maximum Gasteiger partial charge on any atom is 0.256 e. The summed E-state index contributed by atoms with van der Waals surface area (Å²) < 4.78 is 5.20. The minimum Gasteiger partial charge on any atom is -0.495 e. The predicted molar refractivity (Wildman–Crippen MR) is 126 cm³/mol. The van der Waals surface area contributed by atoms with Gasteiger partial charge < -0.3 is 25.4 Å². The highest BCUT2D eigenvalue weighted by molar-refractivity contribution is 6.32. The van der Waals surface area contributed by atoms with Crippen LogP contribution in [0.2, 0.25) is 5.02 Å². The number of anilines is 2. The predicted octanol–water partition coefficient (Wildman–Crippen LogP) is 2.53. The molecule has 2 heterocycles. The molecule has 1 fully saturated rings. The molecule has 1 aliphatic heterocycles. The number of methoxy groups -OCH3 is 1. The Balaban J connectivity index is 1.85. The second-order valence-corrected chi connectivity index (χ2v) is 7.98. The molecule has 0 saturated carbocycles. The van der Waals surface area contributed by atoms with Crippen molar-refractivity contribution >= 4 is 35.0 Å². The van der Waals surface area contributed by atoms with Crippen LogP contribution in [-0.4, -0.2) is 66.6 Å². The normalized spacial score (nSPS) is 16.2. The van der Waals surface area contributed by atoms with E-state index < -0.39 is 0 Å². The number of halogens is 1. The van der Waals surface area contributed by atoms with E-state index in [2.05, 4.69) is 25.6 Å². The molecule has 2 aromatic rings. The van der Waals surface area contributed by atoms with E-state index in [4.69, 9.17) is 16.3 Å². The Morgan fingerprint density at radius 1 is 1.44 bits per heavy atom. The van der Waals surface area contributed by atoms with Gasteiger partial charge in [-0.1, -0.05) is 17.7 Å². The van der Waals surface area contributed by atoms with Crippen LogP contribution >= 0.6 is 11.6 Å². The molecule has 0 radical (unpaired) electrons. The van der Waals surface area contributed by atoms with E-state index in [9.17, 15) is 9.90 Å². The number of aromatic nitrogens is 2. The number of aliphatic hydroxyl groups is 1. The zero-order valence-electron chi connectivity index (χ0n) is 18.6. The molecule has 1 saturated heterocycles. The summed E-state index contributed by atoms with van der Waals surface area (Å²) in [6.45, 7) is 3.38. The van der Waals surface area contributed by atoms with E-state index in [1.807, 2.05) is 17.9 Å². The van der Waals surface area contributed by atoms with Crippen molar-refractivity contribution in [2.24, 2.45) is 4.99 Å². The molecule has 10 heteroatoms. The van der Waals surface area contributed by atoms with Gasteiger partial charge in [0.05, 0.1) is 31.3 Å². The standard InChI is InChI=1S/C22H29ClN6O3/c1-14(24-2)10-26-21(31)17-12-27-22(29-8-4-5-16(29)13-30)28-20(17)25-11-15-6-7-19(32-3)18(23)9-15/h6-7,9,12,16,30H,4-5,8,10-11,13H2,1-3H3,(H,26,31)(H,25,27,28). The van der Waals surface area contributed by atoms with Crippen molar-refractivity contribution in [2.45, 2.75) is 32.4 Å². The van der Waals surface area contributed by atoms with Crippen molar-refractivity contribution in [3.8, 4) is 5.75 Å². The minimum atomic E-state index is -0.296. The van der Waals surface area contributed by atoms with E-state index in [0.29, 0.717) is 41.2 Å². The van der Waals surface area contributed by atoms with Gasteiger partial charge >= 0.3 is 0 Å². The number of benzene rings is 1. The second-order valence-electron chi connectivity index (χ2n) is 7.57. The summed E-state index contributed by atoms with van der Waals surface area (Å²) >= 11 is 6.24. The average Bonchev–Trinajstić information content (AvgIpc) is 3.29. The van der Waals surface area contributed by atoms with Gasteiger partial charge in [-0.25, -0.2) is 4.98 Å². The zero-order valence-corrected chi connectivity index (χ0v) is 19.3. The van der Waals surface area contributed by atoms with Crippen molar-refractivity contribution in [3.63, 3.8) is 0 Å². The number of ether oxygens (including phenoxy) is 1. The molecule has 9 nitrogen and oxygen atoms in total. The lowest BCUT2D eigenvalue weighted by Crippen LogP contribution is -2.34. The topological polar surface area (TPSA) is 112 Å². The monoisotopic (exact) mass is 460 g/mol. The van der Waals surface area contributed by atoms with E-state index in [-0.39, 0.29) is 18.6 Å². The first-order chi connectivity index (χ1) is 15.5. The van der Waals surface area contributed by atoms with Crippen LogP contribution in [0.25, 0.3) is 0 Å². The summed E-state index contributed by atoms with van der Waals surface area (Å²) in [7, 11) is 3.25. The number of hydrogen-bond donors (Lipinski definition) is 3. The zero-order chi connectivity index (χ0) is 23.1. The lowest BCUT2D eigenvalue weighted by atomic mass is 10.2. The van der Waals surface area contributed by atoms with Gasteiger partial charge in [-0.15, -0.1) is 0 Å². The largest absolute Gasteiger partial charge is 0.495 e. The number of amides is 1. The SMILES string of the molecule is CN=C(C)CNC(=O)c1cnc(N2CCCC2CO)nc1NCc1ccc(OC)c(Cl)c1. The molecule has 0 spiro atoms. The van der Waals surface area contributed by atoms with Crippen molar-refractivity contribution in [3.05, 3.63) is 40.5 Å². The van der Waals surface area contributed by atoms with Gasteiger partial charge in [0.2, 0.25) is 5.95 Å². The highest BCUT2D eigenvalue weighted by atomic mass is 35.5. The summed E-state index contributed by atoms with van der Waals surface area (Å²) in [5, 5.41) is 16.3. The smallest absolute Gasteiger partial charge is 0.256 e. The van der Waals surface area contributed by atoms with Gasteiger partial charge in [0.1, 0.15) is 17.1 Å². The molecule has 1 atom stereocenters. The van der Waals surface area contributed by atoms with Crippen molar-refractivity contribution < 1.29 is 14.6 Å². The molecule has 32 heavy (non-hydrogen) atoms. The molecule has 3 rings (SSSR count). The molecule has 1 aromatic carbocycles. The van der Waals surface area contributed by atoms with Gasteiger partial charge in [-0.3, -0.25) is 9.79 Å². The van der Waals surface area contributed by atoms with Crippen LogP contribution in [-0.2, 0) is 6.54 Å². The highest BCUT2D eigenvalue weighted by Crippen LogP contribution is 2.27. The number of rotatable bonds is 9. The number of nitrogens with zero attached hydrogens (tertiary/aromatic N) is 4. The van der Waals surface area contributed by atoms with Crippen LogP contribution in [0.15, 0.2) is 29.4 Å². The number of nitrogens with one attached hydrogen (secondary N) is 2. The summed E-state index contributed by atoms with van der Waals surface area (Å²) in [5.74, 6) is 1.19. The van der Waals surface area contributed by atoms with Gasteiger partial charge in [0, 0.05) is 32.0 Å². The maximum atomic E-state index is 12.8. The number of hydrogen-bond acceptors (Lipinski definition) is 8. The summed E-state index contributed by atoms with van der Waals surface area (Å²) in [4.78, 5) is 27.9. The first-order valence-corrected chi connectivity index (χ1v) is 10.9. The quantitative estimate of drug-likeness (QED) is 0.493. The molecule has 1 amide bonds. The summed E-state index contributed by atoms with van der Waals surface area (Å²) in [5.41, 5.74) is 2.05. The third-order valence-corrected chi connectivity index (χ3v) is 5.72. The minimum absolute atomic E-state index is 0.0219. The van der Waals surface area contributed by atoms with Crippen molar-refractivity contribution in [1.82, 2.24) is 15.3 Å². The fourth-order valence-electron chi connectivity index (χ4n) is 3.49. The lowest BCUT2D eigenvalue weighted by molar-refractivity contribution is 0.0959. The highest BCUT2D eigenvalue weighted by Gasteiger charge is 2.27. The number of carbonyl (C=O) groups is 1. The molecule has 1 aromatic heterocycles. The van der Waals surface area contributed by atoms with Crippen LogP contribution in [0.3, 0.4) is 0 Å². The fourth-order valence-corrected chi connectivity index (χ4v) is 3.77. The lowest BCUT2D eigenvalue weighted by Gasteiger charge is -2.24. The molecule has 3 N–H and O–H groups in total. The third-order valence-electron chi connectivity index (χ3n) is 5.43. The Morgan fingerprint density at radius 2 is 2.25 bits per heavy atom. The molecule has 172 valence electrons. The first-order valence-electron chi connectivity index (χ1n) is 10.5. The van der Waals surface area contributed by atoms with E-state index in [0.717, 1.165) is 30.7 Å². The molecule has 0 bridgehead atoms. The summed E-state index contributed by atoms with van der Waals surface area (Å²) in [6.07, 6.45) is 3.36. The first kappa shape index (κ1) is 23.7. The Kier molecular flexibility index (Phi) is 8.24. The maximum absolute atomic E-state index is 12.8. The number of aliphatic imine (C=N–C) groups is 1. The molecular formula is C22H29ClN6O3. The van der Waals surface area contributed by atoms with Crippen LogP contribution in [0.4, 0.5) is 11.8 Å². The Bertz CT molecular complexity index is 984. The Labute approximate surface area is 192 Å². The third kappa shape index (κ3) is 5.66. The Hall–Kier alpha value is -2.91. The molecule has 1 aliphatic rings. The van der Waals surface area contributed by atoms with E-state index >= 15 is 0 Å². The average molecular weight is 461 g/mol. The molecular weight excluding hydrogens is 432 g/mol. The molecule has 1 unspecified atom stereocenters.